The zero-order valence-electron chi connectivity index (χ0n) is 17.2. The summed E-state index contributed by atoms with van der Waals surface area (Å²) in [6.45, 7) is 8.05. The number of aryl methyl sites for hydroxylation is 2. The van der Waals surface area contributed by atoms with Crippen molar-refractivity contribution >= 4 is 11.8 Å². The van der Waals surface area contributed by atoms with Crippen molar-refractivity contribution in [3.05, 3.63) is 34.9 Å². The molecule has 3 aliphatic rings. The van der Waals surface area contributed by atoms with Crippen LogP contribution in [0.5, 0.6) is 0 Å². The minimum Gasteiger partial charge on any atom is -0.376 e. The highest BCUT2D eigenvalue weighted by Crippen LogP contribution is 2.40. The van der Waals surface area contributed by atoms with Gasteiger partial charge in [0.15, 0.2) is 0 Å². The van der Waals surface area contributed by atoms with Crippen molar-refractivity contribution in [3.63, 3.8) is 0 Å². The Labute approximate surface area is 168 Å². The fraction of sp³-hybridized carbons (Fsp3) is 0.652. The van der Waals surface area contributed by atoms with Gasteiger partial charge >= 0.3 is 0 Å². The maximum Gasteiger partial charge on any atom is 0.253 e. The van der Waals surface area contributed by atoms with Gasteiger partial charge in [-0.25, -0.2) is 0 Å². The first-order chi connectivity index (χ1) is 13.4. The van der Waals surface area contributed by atoms with Crippen LogP contribution in [0.4, 0.5) is 0 Å². The predicted molar refractivity (Wildman–Crippen MR) is 108 cm³/mol. The first kappa shape index (κ1) is 19.4. The molecule has 0 radical (unpaired) electrons. The van der Waals surface area contributed by atoms with Gasteiger partial charge in [0.05, 0.1) is 6.10 Å². The van der Waals surface area contributed by atoms with Crippen molar-refractivity contribution in [1.82, 2.24) is 9.80 Å². The van der Waals surface area contributed by atoms with Crippen LogP contribution in [0.25, 0.3) is 0 Å². The van der Waals surface area contributed by atoms with Crippen molar-refractivity contribution in [1.29, 1.82) is 0 Å². The molecular weight excluding hydrogens is 352 g/mol. The molecule has 0 aromatic heterocycles. The Kier molecular flexibility index (Phi) is 5.46. The lowest BCUT2D eigenvalue weighted by Gasteiger charge is -2.47. The van der Waals surface area contributed by atoms with Gasteiger partial charge in [0.25, 0.3) is 5.91 Å². The topological polar surface area (TPSA) is 49.9 Å². The van der Waals surface area contributed by atoms with Gasteiger partial charge in [-0.3, -0.25) is 9.59 Å². The standard InChI is InChI=1S/C23H32N2O3/c1-17-12-18(2)14-19(13-17)22(27)24-9-7-23(8-10-24)6-5-21(26)25(16-23)15-20-4-3-11-28-20/h12-14,20H,3-11,15-16H2,1-2H3/t20-/m1/s1. The third-order valence-corrected chi connectivity index (χ3v) is 6.78. The highest BCUT2D eigenvalue weighted by atomic mass is 16.5. The first-order valence-electron chi connectivity index (χ1n) is 10.7. The molecule has 0 N–H and O–H groups in total. The Bertz CT molecular complexity index is 726. The highest BCUT2D eigenvalue weighted by Gasteiger charge is 2.42. The summed E-state index contributed by atoms with van der Waals surface area (Å²) in [5.74, 6) is 0.416. The largest absolute Gasteiger partial charge is 0.376 e. The molecule has 152 valence electrons. The average molecular weight is 385 g/mol. The summed E-state index contributed by atoms with van der Waals surface area (Å²) >= 11 is 0. The van der Waals surface area contributed by atoms with E-state index in [1.807, 2.05) is 35.8 Å². The van der Waals surface area contributed by atoms with Crippen molar-refractivity contribution in [3.8, 4) is 0 Å². The third-order valence-electron chi connectivity index (χ3n) is 6.78. The monoisotopic (exact) mass is 384 g/mol. The van der Waals surface area contributed by atoms with Crippen molar-refractivity contribution in [2.75, 3.05) is 32.8 Å². The zero-order valence-corrected chi connectivity index (χ0v) is 17.2. The molecule has 3 heterocycles. The fourth-order valence-corrected chi connectivity index (χ4v) is 5.18. The van der Waals surface area contributed by atoms with Gasteiger partial charge in [-0.15, -0.1) is 0 Å². The van der Waals surface area contributed by atoms with Crippen molar-refractivity contribution in [2.24, 2.45) is 5.41 Å². The van der Waals surface area contributed by atoms with E-state index in [4.69, 9.17) is 4.74 Å². The summed E-state index contributed by atoms with van der Waals surface area (Å²) < 4.78 is 5.75. The van der Waals surface area contributed by atoms with Gasteiger partial charge in [0, 0.05) is 44.8 Å². The Balaban J connectivity index is 1.38. The predicted octanol–water partition coefficient (Wildman–Crippen LogP) is 3.33. The van der Waals surface area contributed by atoms with E-state index in [2.05, 4.69) is 6.07 Å². The van der Waals surface area contributed by atoms with Crippen LogP contribution < -0.4 is 0 Å². The van der Waals surface area contributed by atoms with E-state index < -0.39 is 0 Å². The Morgan fingerprint density at radius 1 is 1.14 bits per heavy atom. The number of nitrogens with zero attached hydrogens (tertiary/aromatic N) is 2. The number of likely N-dealkylation sites (tertiary alicyclic amines) is 2. The number of ether oxygens (including phenoxy) is 1. The van der Waals surface area contributed by atoms with E-state index in [1.54, 1.807) is 0 Å². The summed E-state index contributed by atoms with van der Waals surface area (Å²) in [5, 5.41) is 0. The third kappa shape index (κ3) is 4.09. The summed E-state index contributed by atoms with van der Waals surface area (Å²) in [6.07, 6.45) is 5.95. The fourth-order valence-electron chi connectivity index (χ4n) is 5.18. The molecule has 3 fully saturated rings. The molecule has 0 aliphatic carbocycles. The molecule has 1 atom stereocenters. The molecule has 0 unspecified atom stereocenters. The molecule has 3 aliphatic heterocycles. The highest BCUT2D eigenvalue weighted by molar-refractivity contribution is 5.94. The van der Waals surface area contributed by atoms with Gasteiger partial charge in [0.1, 0.15) is 0 Å². The quantitative estimate of drug-likeness (QED) is 0.803. The lowest BCUT2D eigenvalue weighted by molar-refractivity contribution is -0.141. The van der Waals surface area contributed by atoms with Crippen LogP contribution in [0.3, 0.4) is 0 Å². The minimum atomic E-state index is 0.143. The summed E-state index contributed by atoms with van der Waals surface area (Å²) in [7, 11) is 0. The van der Waals surface area contributed by atoms with E-state index in [0.717, 1.165) is 81.6 Å². The molecule has 1 aromatic carbocycles. The lowest BCUT2D eigenvalue weighted by Crippen LogP contribution is -2.53. The number of benzene rings is 1. The molecule has 5 heteroatoms. The van der Waals surface area contributed by atoms with Crippen molar-refractivity contribution in [2.45, 2.75) is 58.5 Å². The molecule has 1 spiro atoms. The second-order valence-corrected chi connectivity index (χ2v) is 9.08. The molecule has 0 bridgehead atoms. The zero-order chi connectivity index (χ0) is 19.7. The molecule has 5 nitrogen and oxygen atoms in total. The number of rotatable bonds is 3. The molecule has 0 saturated carbocycles. The smallest absolute Gasteiger partial charge is 0.253 e. The Morgan fingerprint density at radius 3 is 2.50 bits per heavy atom. The van der Waals surface area contributed by atoms with Crippen LogP contribution in [-0.4, -0.2) is 60.5 Å². The normalized spacial score (nSPS) is 24.8. The number of hydrogen-bond acceptors (Lipinski definition) is 3. The van der Waals surface area contributed by atoms with Gasteiger partial charge in [-0.1, -0.05) is 17.2 Å². The summed E-state index contributed by atoms with van der Waals surface area (Å²) in [6, 6.07) is 6.08. The van der Waals surface area contributed by atoms with Gasteiger partial charge in [-0.05, 0) is 63.5 Å². The van der Waals surface area contributed by atoms with Crippen LogP contribution in [0, 0.1) is 19.3 Å². The Hall–Kier alpha value is -1.88. The summed E-state index contributed by atoms with van der Waals surface area (Å²) in [4.78, 5) is 29.4. The molecule has 1 aromatic rings. The van der Waals surface area contributed by atoms with E-state index in [1.165, 1.54) is 0 Å². The maximum atomic E-state index is 13.0. The number of carbonyl (C=O) groups is 2. The van der Waals surface area contributed by atoms with Gasteiger partial charge < -0.3 is 14.5 Å². The number of carbonyl (C=O) groups excluding carboxylic acids is 2. The van der Waals surface area contributed by atoms with E-state index in [0.29, 0.717) is 6.42 Å². The molecule has 28 heavy (non-hydrogen) atoms. The van der Waals surface area contributed by atoms with Crippen LogP contribution in [0.1, 0.15) is 60.0 Å². The molecular formula is C23H32N2O3. The van der Waals surface area contributed by atoms with Gasteiger partial charge in [-0.2, -0.15) is 0 Å². The number of amides is 2. The second-order valence-electron chi connectivity index (χ2n) is 9.08. The Morgan fingerprint density at radius 2 is 1.86 bits per heavy atom. The van der Waals surface area contributed by atoms with Crippen LogP contribution in [0.15, 0.2) is 18.2 Å². The minimum absolute atomic E-state index is 0.143. The summed E-state index contributed by atoms with van der Waals surface area (Å²) in [5.41, 5.74) is 3.23. The molecule has 2 amide bonds. The van der Waals surface area contributed by atoms with Gasteiger partial charge in [0.2, 0.25) is 5.91 Å². The number of piperidine rings is 2. The first-order valence-corrected chi connectivity index (χ1v) is 10.7. The lowest BCUT2D eigenvalue weighted by atomic mass is 9.72. The average Bonchev–Trinajstić information content (AvgIpc) is 3.17. The second kappa shape index (κ2) is 7.86. The van der Waals surface area contributed by atoms with Crippen LogP contribution >= 0.6 is 0 Å². The SMILES string of the molecule is Cc1cc(C)cc(C(=O)N2CCC3(CCC(=O)N(C[C@H]4CCCO4)C3)CC2)c1. The van der Waals surface area contributed by atoms with E-state index >= 15 is 0 Å². The van der Waals surface area contributed by atoms with Crippen molar-refractivity contribution < 1.29 is 14.3 Å². The van der Waals surface area contributed by atoms with Crippen LogP contribution in [0.2, 0.25) is 0 Å². The van der Waals surface area contributed by atoms with E-state index in [-0.39, 0.29) is 23.3 Å². The van der Waals surface area contributed by atoms with E-state index in [9.17, 15) is 9.59 Å². The number of hydrogen-bond donors (Lipinski definition) is 0. The maximum absolute atomic E-state index is 13.0. The molecule has 4 rings (SSSR count). The molecule has 3 saturated heterocycles. The van der Waals surface area contributed by atoms with Crippen LogP contribution in [-0.2, 0) is 9.53 Å².